The molecule has 2 heterocycles. The van der Waals surface area contributed by atoms with Gasteiger partial charge in [0, 0.05) is 12.1 Å². The van der Waals surface area contributed by atoms with E-state index < -0.39 is 0 Å². The molecular formula is C20H19N5O3S. The summed E-state index contributed by atoms with van der Waals surface area (Å²) in [6.07, 6.45) is 0.744. The monoisotopic (exact) mass is 409 g/mol. The van der Waals surface area contributed by atoms with Crippen LogP contribution in [0.4, 0.5) is 0 Å². The maximum Gasteiger partial charge on any atom is 0.343 e. The van der Waals surface area contributed by atoms with Gasteiger partial charge in [0.2, 0.25) is 11.7 Å². The number of H-pyrrole nitrogens is 1. The fourth-order valence-electron chi connectivity index (χ4n) is 2.82. The highest BCUT2D eigenvalue weighted by Crippen LogP contribution is 2.24. The summed E-state index contributed by atoms with van der Waals surface area (Å²) in [5.41, 5.74) is 1.74. The summed E-state index contributed by atoms with van der Waals surface area (Å²) in [5, 5.41) is 11.2. The molecule has 1 N–H and O–H groups in total. The smallest absolute Gasteiger partial charge is 0.343 e. The summed E-state index contributed by atoms with van der Waals surface area (Å²) in [6.45, 7) is 0.542. The molecule has 0 aliphatic carbocycles. The third-order valence-electron chi connectivity index (χ3n) is 4.31. The summed E-state index contributed by atoms with van der Waals surface area (Å²) in [5.74, 6) is 2.08. The second kappa shape index (κ2) is 8.78. The number of nitrogens with zero attached hydrogens (tertiary/aromatic N) is 4. The van der Waals surface area contributed by atoms with Crippen LogP contribution in [0.2, 0.25) is 0 Å². The fourth-order valence-corrected chi connectivity index (χ4v) is 3.63. The number of aromatic nitrogens is 5. The molecule has 4 rings (SSSR count). The topological polar surface area (TPSA) is 98.8 Å². The zero-order valence-electron chi connectivity index (χ0n) is 15.7. The van der Waals surface area contributed by atoms with Crippen molar-refractivity contribution in [3.8, 4) is 17.1 Å². The maximum atomic E-state index is 12.1. The number of aromatic amines is 1. The lowest BCUT2D eigenvalue weighted by molar-refractivity contribution is 0.391. The van der Waals surface area contributed by atoms with Crippen LogP contribution in [-0.4, -0.2) is 32.0 Å². The minimum absolute atomic E-state index is 0.231. The number of thioether (sulfide) groups is 1. The van der Waals surface area contributed by atoms with Gasteiger partial charge in [0.05, 0.1) is 12.9 Å². The van der Waals surface area contributed by atoms with Gasteiger partial charge in [-0.2, -0.15) is 4.98 Å². The largest absolute Gasteiger partial charge is 0.497 e. The predicted octanol–water partition coefficient (Wildman–Crippen LogP) is 3.17. The number of benzene rings is 2. The molecule has 2 aromatic heterocycles. The fraction of sp³-hybridized carbons (Fsp3) is 0.200. The van der Waals surface area contributed by atoms with Gasteiger partial charge in [-0.25, -0.2) is 9.89 Å². The lowest BCUT2D eigenvalue weighted by atomic mass is 10.1. The molecule has 0 bridgehead atoms. The van der Waals surface area contributed by atoms with E-state index in [-0.39, 0.29) is 5.69 Å². The predicted molar refractivity (Wildman–Crippen MR) is 109 cm³/mol. The molecule has 29 heavy (non-hydrogen) atoms. The molecule has 0 aliphatic rings. The zero-order valence-corrected chi connectivity index (χ0v) is 16.6. The molecule has 0 amide bonds. The number of methoxy groups -OCH3 is 1. The molecule has 0 saturated heterocycles. The highest BCUT2D eigenvalue weighted by molar-refractivity contribution is 7.98. The molecule has 9 heteroatoms. The van der Waals surface area contributed by atoms with Crippen LogP contribution < -0.4 is 10.4 Å². The van der Waals surface area contributed by atoms with Gasteiger partial charge in [0.1, 0.15) is 5.75 Å². The van der Waals surface area contributed by atoms with E-state index in [2.05, 4.69) is 20.3 Å². The van der Waals surface area contributed by atoms with E-state index in [0.29, 0.717) is 29.2 Å². The first-order chi connectivity index (χ1) is 14.2. The van der Waals surface area contributed by atoms with Crippen LogP contribution in [0.15, 0.2) is 69.1 Å². The van der Waals surface area contributed by atoms with Gasteiger partial charge in [-0.05, 0) is 24.1 Å². The quantitative estimate of drug-likeness (QED) is 0.446. The first-order valence-electron chi connectivity index (χ1n) is 9.02. The first kappa shape index (κ1) is 19.0. The number of rotatable bonds is 8. The summed E-state index contributed by atoms with van der Waals surface area (Å²) < 4.78 is 12.2. The lowest BCUT2D eigenvalue weighted by Crippen LogP contribution is -2.18. The Morgan fingerprint density at radius 3 is 2.86 bits per heavy atom. The van der Waals surface area contributed by atoms with Crippen molar-refractivity contribution < 1.29 is 9.26 Å². The van der Waals surface area contributed by atoms with Crippen molar-refractivity contribution in [2.75, 3.05) is 7.11 Å². The van der Waals surface area contributed by atoms with Gasteiger partial charge in [-0.1, -0.05) is 59.4 Å². The van der Waals surface area contributed by atoms with Crippen LogP contribution in [0.3, 0.4) is 0 Å². The molecule has 148 valence electrons. The van der Waals surface area contributed by atoms with E-state index in [1.807, 2.05) is 54.6 Å². The van der Waals surface area contributed by atoms with Gasteiger partial charge in [-0.3, -0.25) is 4.57 Å². The van der Waals surface area contributed by atoms with Crippen molar-refractivity contribution in [3.05, 3.63) is 76.5 Å². The number of nitrogens with one attached hydrogen (secondary N) is 1. The maximum absolute atomic E-state index is 12.1. The SMILES string of the molecule is COc1cccc(-c2noc(CSc3n[nH]c(=O)n3CCc3ccccc3)n2)c1. The minimum Gasteiger partial charge on any atom is -0.497 e. The summed E-state index contributed by atoms with van der Waals surface area (Å²) in [4.78, 5) is 16.5. The van der Waals surface area contributed by atoms with Crippen LogP contribution in [0, 0.1) is 0 Å². The van der Waals surface area contributed by atoms with E-state index in [9.17, 15) is 4.79 Å². The Bertz CT molecular complexity index is 1140. The Hall–Kier alpha value is -3.33. The molecule has 0 radical (unpaired) electrons. The second-order valence-corrected chi connectivity index (χ2v) is 7.17. The summed E-state index contributed by atoms with van der Waals surface area (Å²) in [7, 11) is 1.61. The third-order valence-corrected chi connectivity index (χ3v) is 5.27. The molecule has 0 spiro atoms. The van der Waals surface area contributed by atoms with Crippen molar-refractivity contribution in [3.63, 3.8) is 0 Å². The normalized spacial score (nSPS) is 10.9. The van der Waals surface area contributed by atoms with E-state index in [1.165, 1.54) is 11.8 Å². The second-order valence-electron chi connectivity index (χ2n) is 6.23. The van der Waals surface area contributed by atoms with Gasteiger partial charge in [0.25, 0.3) is 0 Å². The van der Waals surface area contributed by atoms with Crippen molar-refractivity contribution in [1.29, 1.82) is 0 Å². The number of hydrogen-bond donors (Lipinski definition) is 1. The lowest BCUT2D eigenvalue weighted by Gasteiger charge is -2.04. The van der Waals surface area contributed by atoms with Crippen LogP contribution in [0.1, 0.15) is 11.5 Å². The van der Waals surface area contributed by atoms with Gasteiger partial charge < -0.3 is 9.26 Å². The average Bonchev–Trinajstić information content (AvgIpc) is 3.38. The minimum atomic E-state index is -0.231. The molecule has 0 unspecified atom stereocenters. The Balaban J connectivity index is 1.42. The molecule has 0 fully saturated rings. The molecule has 0 atom stereocenters. The van der Waals surface area contributed by atoms with Crippen LogP contribution in [0.25, 0.3) is 11.4 Å². The molecule has 0 aliphatic heterocycles. The van der Waals surface area contributed by atoms with E-state index in [4.69, 9.17) is 9.26 Å². The summed E-state index contributed by atoms with van der Waals surface area (Å²) >= 11 is 1.37. The van der Waals surface area contributed by atoms with Gasteiger partial charge >= 0.3 is 5.69 Å². The highest BCUT2D eigenvalue weighted by atomic mass is 32.2. The Labute approximate surface area is 170 Å². The Morgan fingerprint density at radius 2 is 2.03 bits per heavy atom. The third kappa shape index (κ3) is 4.57. The Morgan fingerprint density at radius 1 is 1.17 bits per heavy atom. The standard InChI is InChI=1S/C20H19N5O3S/c1-27-16-9-5-8-15(12-16)18-21-17(28-24-18)13-29-20-23-22-19(26)25(20)11-10-14-6-3-2-4-7-14/h2-9,12H,10-11,13H2,1H3,(H,22,26). The van der Waals surface area contributed by atoms with E-state index in [1.54, 1.807) is 11.7 Å². The molecule has 8 nitrogen and oxygen atoms in total. The molecule has 2 aromatic carbocycles. The van der Waals surface area contributed by atoms with E-state index in [0.717, 1.165) is 23.3 Å². The Kier molecular flexibility index (Phi) is 5.76. The molecule has 4 aromatic rings. The van der Waals surface area contributed by atoms with Gasteiger partial charge in [0.15, 0.2) is 5.16 Å². The zero-order chi connectivity index (χ0) is 20.1. The summed E-state index contributed by atoms with van der Waals surface area (Å²) in [6, 6.07) is 17.5. The van der Waals surface area contributed by atoms with Crippen LogP contribution in [0.5, 0.6) is 5.75 Å². The number of aryl methyl sites for hydroxylation is 1. The van der Waals surface area contributed by atoms with Crippen LogP contribution >= 0.6 is 11.8 Å². The highest BCUT2D eigenvalue weighted by Gasteiger charge is 2.13. The molecular weight excluding hydrogens is 390 g/mol. The van der Waals surface area contributed by atoms with Crippen molar-refractivity contribution >= 4 is 11.8 Å². The molecule has 0 saturated carbocycles. The first-order valence-corrected chi connectivity index (χ1v) is 10.0. The van der Waals surface area contributed by atoms with Crippen molar-refractivity contribution in [1.82, 2.24) is 24.9 Å². The van der Waals surface area contributed by atoms with Crippen molar-refractivity contribution in [2.45, 2.75) is 23.9 Å². The average molecular weight is 409 g/mol. The van der Waals surface area contributed by atoms with E-state index >= 15 is 0 Å². The number of ether oxygens (including phenoxy) is 1. The van der Waals surface area contributed by atoms with Crippen LogP contribution in [-0.2, 0) is 18.7 Å². The number of hydrogen-bond acceptors (Lipinski definition) is 7. The van der Waals surface area contributed by atoms with Gasteiger partial charge in [-0.15, -0.1) is 5.10 Å². The van der Waals surface area contributed by atoms with Crippen molar-refractivity contribution in [2.24, 2.45) is 0 Å².